The van der Waals surface area contributed by atoms with Crippen molar-refractivity contribution in [1.29, 1.82) is 0 Å². The van der Waals surface area contributed by atoms with Crippen LogP contribution in [0.3, 0.4) is 0 Å². The zero-order valence-electron chi connectivity index (χ0n) is 11.7. The van der Waals surface area contributed by atoms with Crippen LogP contribution in [0.25, 0.3) is 0 Å². The van der Waals surface area contributed by atoms with E-state index in [0.29, 0.717) is 24.4 Å². The Labute approximate surface area is 105 Å². The van der Waals surface area contributed by atoms with Gasteiger partial charge in [0.15, 0.2) is 0 Å². The van der Waals surface area contributed by atoms with E-state index >= 15 is 0 Å². The van der Waals surface area contributed by atoms with Crippen molar-refractivity contribution in [2.75, 3.05) is 33.7 Å². The van der Waals surface area contributed by atoms with Gasteiger partial charge in [0.2, 0.25) is 5.91 Å². The highest BCUT2D eigenvalue weighted by molar-refractivity contribution is 5.77. The number of amides is 1. The number of likely N-dealkylation sites (N-methyl/N-ethyl adjacent to an activating group) is 2. The quantitative estimate of drug-likeness (QED) is 0.751. The Morgan fingerprint density at radius 3 is 2.65 bits per heavy atom. The van der Waals surface area contributed by atoms with E-state index < -0.39 is 0 Å². The fourth-order valence-corrected chi connectivity index (χ4v) is 2.62. The van der Waals surface area contributed by atoms with E-state index in [4.69, 9.17) is 0 Å². The van der Waals surface area contributed by atoms with Crippen LogP contribution >= 0.6 is 0 Å². The molecule has 4 heteroatoms. The van der Waals surface area contributed by atoms with Gasteiger partial charge in [0.05, 0.1) is 0 Å². The topological polar surface area (TPSA) is 35.6 Å². The highest BCUT2D eigenvalue weighted by Gasteiger charge is 2.23. The number of rotatable bonds is 6. The number of nitrogens with one attached hydrogen (secondary N) is 1. The standard InChI is InChI=1S/C13H27N3O/c1-5-16(11(2)10-15(3)4)13(17)9-12-7-6-8-14-12/h11-12,14H,5-10H2,1-4H3. The summed E-state index contributed by atoms with van der Waals surface area (Å²) in [7, 11) is 4.10. The molecule has 0 radical (unpaired) electrons. The van der Waals surface area contributed by atoms with Crippen LogP contribution < -0.4 is 5.32 Å². The molecule has 0 aliphatic carbocycles. The summed E-state index contributed by atoms with van der Waals surface area (Å²) in [6.07, 6.45) is 3.01. The van der Waals surface area contributed by atoms with Gasteiger partial charge in [-0.05, 0) is 47.3 Å². The monoisotopic (exact) mass is 241 g/mol. The average Bonchev–Trinajstić information content (AvgIpc) is 2.70. The third kappa shape index (κ3) is 4.64. The van der Waals surface area contributed by atoms with Crippen LogP contribution in [-0.4, -0.2) is 61.5 Å². The number of hydrogen-bond acceptors (Lipinski definition) is 3. The summed E-state index contributed by atoms with van der Waals surface area (Å²) in [5, 5.41) is 3.39. The minimum absolute atomic E-state index is 0.293. The Balaban J connectivity index is 2.44. The van der Waals surface area contributed by atoms with Gasteiger partial charge >= 0.3 is 0 Å². The van der Waals surface area contributed by atoms with E-state index in [1.807, 2.05) is 19.0 Å². The molecule has 1 rings (SSSR count). The van der Waals surface area contributed by atoms with Crippen LogP contribution in [0.2, 0.25) is 0 Å². The molecule has 17 heavy (non-hydrogen) atoms. The molecule has 1 saturated heterocycles. The SMILES string of the molecule is CCN(C(=O)CC1CCCN1)C(C)CN(C)C. The first-order valence-electron chi connectivity index (χ1n) is 6.72. The van der Waals surface area contributed by atoms with Gasteiger partial charge in [-0.25, -0.2) is 0 Å². The largest absolute Gasteiger partial charge is 0.339 e. The van der Waals surface area contributed by atoms with Gasteiger partial charge in [0.1, 0.15) is 0 Å². The Morgan fingerprint density at radius 1 is 1.47 bits per heavy atom. The average molecular weight is 241 g/mol. The highest BCUT2D eigenvalue weighted by atomic mass is 16.2. The van der Waals surface area contributed by atoms with E-state index in [9.17, 15) is 4.79 Å². The number of nitrogens with zero attached hydrogens (tertiary/aromatic N) is 2. The molecule has 100 valence electrons. The van der Waals surface area contributed by atoms with E-state index in [1.54, 1.807) is 0 Å². The lowest BCUT2D eigenvalue weighted by Gasteiger charge is -2.31. The fourth-order valence-electron chi connectivity index (χ4n) is 2.62. The normalized spacial score (nSPS) is 21.8. The maximum Gasteiger partial charge on any atom is 0.224 e. The molecule has 1 fully saturated rings. The van der Waals surface area contributed by atoms with Crippen LogP contribution in [0.1, 0.15) is 33.1 Å². The third-order valence-corrected chi connectivity index (χ3v) is 3.41. The van der Waals surface area contributed by atoms with Gasteiger partial charge in [-0.15, -0.1) is 0 Å². The van der Waals surface area contributed by atoms with Crippen molar-refractivity contribution in [3.63, 3.8) is 0 Å². The molecule has 1 aliphatic rings. The second-order valence-corrected chi connectivity index (χ2v) is 5.29. The van der Waals surface area contributed by atoms with Gasteiger partial charge < -0.3 is 15.1 Å². The number of hydrogen-bond donors (Lipinski definition) is 1. The number of carbonyl (C=O) groups excluding carboxylic acids is 1. The summed E-state index contributed by atoms with van der Waals surface area (Å²) in [5.41, 5.74) is 0. The molecule has 1 amide bonds. The molecule has 0 aromatic carbocycles. The summed E-state index contributed by atoms with van der Waals surface area (Å²) in [6, 6.07) is 0.701. The Kier molecular flexibility index (Phi) is 5.92. The molecule has 1 aliphatic heterocycles. The lowest BCUT2D eigenvalue weighted by molar-refractivity contribution is -0.133. The van der Waals surface area contributed by atoms with Crippen molar-refractivity contribution in [2.45, 2.75) is 45.2 Å². The predicted octanol–water partition coefficient (Wildman–Crippen LogP) is 0.927. The lowest BCUT2D eigenvalue weighted by Crippen LogP contribution is -2.45. The Bertz CT molecular complexity index is 237. The zero-order chi connectivity index (χ0) is 12.8. The van der Waals surface area contributed by atoms with Gasteiger partial charge in [-0.1, -0.05) is 0 Å². The molecule has 1 N–H and O–H groups in total. The van der Waals surface area contributed by atoms with Gasteiger partial charge in [-0.2, -0.15) is 0 Å². The molecule has 0 bridgehead atoms. The van der Waals surface area contributed by atoms with Crippen molar-refractivity contribution < 1.29 is 4.79 Å². The molecule has 0 aromatic rings. The molecule has 1 heterocycles. The minimum Gasteiger partial charge on any atom is -0.339 e. The van der Waals surface area contributed by atoms with E-state index in [1.165, 1.54) is 6.42 Å². The van der Waals surface area contributed by atoms with Crippen molar-refractivity contribution in [1.82, 2.24) is 15.1 Å². The summed E-state index contributed by atoms with van der Waals surface area (Å²) < 4.78 is 0. The summed E-state index contributed by atoms with van der Waals surface area (Å²) >= 11 is 0. The third-order valence-electron chi connectivity index (χ3n) is 3.41. The second kappa shape index (κ2) is 6.97. The molecule has 0 spiro atoms. The molecule has 0 aromatic heterocycles. The van der Waals surface area contributed by atoms with E-state index in [2.05, 4.69) is 24.1 Å². The van der Waals surface area contributed by atoms with Crippen molar-refractivity contribution >= 4 is 5.91 Å². The number of carbonyl (C=O) groups is 1. The van der Waals surface area contributed by atoms with Crippen LogP contribution in [0, 0.1) is 0 Å². The second-order valence-electron chi connectivity index (χ2n) is 5.29. The van der Waals surface area contributed by atoms with E-state index in [-0.39, 0.29) is 0 Å². The van der Waals surface area contributed by atoms with Gasteiger partial charge in [-0.3, -0.25) is 4.79 Å². The molecule has 2 atom stereocenters. The first-order valence-corrected chi connectivity index (χ1v) is 6.72. The van der Waals surface area contributed by atoms with Crippen molar-refractivity contribution in [3.05, 3.63) is 0 Å². The van der Waals surface area contributed by atoms with E-state index in [0.717, 1.165) is 26.1 Å². The first-order chi connectivity index (χ1) is 8.04. The summed E-state index contributed by atoms with van der Waals surface area (Å²) in [5.74, 6) is 0.293. The zero-order valence-corrected chi connectivity index (χ0v) is 11.7. The molecule has 4 nitrogen and oxygen atoms in total. The maximum absolute atomic E-state index is 12.2. The molecule has 0 saturated carbocycles. The Hall–Kier alpha value is -0.610. The summed E-state index contributed by atoms with van der Waals surface area (Å²) in [4.78, 5) is 16.4. The summed E-state index contributed by atoms with van der Waals surface area (Å²) in [6.45, 7) is 6.99. The smallest absolute Gasteiger partial charge is 0.224 e. The van der Waals surface area contributed by atoms with Crippen LogP contribution in [0.5, 0.6) is 0 Å². The molecular formula is C13H27N3O. The minimum atomic E-state index is 0.293. The fraction of sp³-hybridized carbons (Fsp3) is 0.923. The first kappa shape index (κ1) is 14.5. The van der Waals surface area contributed by atoms with Crippen molar-refractivity contribution in [3.8, 4) is 0 Å². The Morgan fingerprint density at radius 2 is 2.18 bits per heavy atom. The molecule has 2 unspecified atom stereocenters. The maximum atomic E-state index is 12.2. The predicted molar refractivity (Wildman–Crippen MR) is 71.0 cm³/mol. The lowest BCUT2D eigenvalue weighted by atomic mass is 10.1. The molecular weight excluding hydrogens is 214 g/mol. The van der Waals surface area contributed by atoms with Crippen LogP contribution in [-0.2, 0) is 4.79 Å². The van der Waals surface area contributed by atoms with Crippen molar-refractivity contribution in [2.24, 2.45) is 0 Å². The highest BCUT2D eigenvalue weighted by Crippen LogP contribution is 2.12. The van der Waals surface area contributed by atoms with Crippen LogP contribution in [0.15, 0.2) is 0 Å². The van der Waals surface area contributed by atoms with Gasteiger partial charge in [0, 0.05) is 31.6 Å². The van der Waals surface area contributed by atoms with Crippen LogP contribution in [0.4, 0.5) is 0 Å². The van der Waals surface area contributed by atoms with Gasteiger partial charge in [0.25, 0.3) is 0 Å².